The van der Waals surface area contributed by atoms with E-state index >= 15 is 0 Å². The fraction of sp³-hybridized carbons (Fsp3) is 0.500. The molecule has 2 N–H and O–H groups in total. The molecule has 0 unspecified atom stereocenters. The van der Waals surface area contributed by atoms with E-state index < -0.39 is 12.0 Å². The van der Waals surface area contributed by atoms with Gasteiger partial charge in [0.1, 0.15) is 11.8 Å². The summed E-state index contributed by atoms with van der Waals surface area (Å²) < 4.78 is 5.95. The first-order valence-electron chi connectivity index (χ1n) is 9.92. The predicted octanol–water partition coefficient (Wildman–Crippen LogP) is 2.18. The maximum atomic E-state index is 12.6. The summed E-state index contributed by atoms with van der Waals surface area (Å²) >= 11 is 0. The van der Waals surface area contributed by atoms with Crippen molar-refractivity contribution in [1.82, 2.24) is 10.2 Å². The first-order valence-corrected chi connectivity index (χ1v) is 9.92. The monoisotopic (exact) mass is 395 g/mol. The number of nitrogens with one attached hydrogen (secondary N) is 1. The number of amides is 1. The van der Waals surface area contributed by atoms with Crippen LogP contribution in [0.1, 0.15) is 48.9 Å². The number of aromatic carboxylic acids is 1. The van der Waals surface area contributed by atoms with Crippen molar-refractivity contribution < 1.29 is 19.4 Å². The van der Waals surface area contributed by atoms with Crippen LogP contribution in [0.3, 0.4) is 0 Å². The number of nitriles is 1. The Morgan fingerprint density at radius 1 is 1.14 bits per heavy atom. The predicted molar refractivity (Wildman–Crippen MR) is 106 cm³/mol. The smallest absolute Gasteiger partial charge is 0.335 e. The summed E-state index contributed by atoms with van der Waals surface area (Å²) in [6, 6.07) is 8.10. The second kappa shape index (κ2) is 9.45. The molecule has 7 heteroatoms. The molecular formula is C22H25N3O4. The molecule has 152 valence electrons. The number of nitrogens with zero attached hydrogens (tertiary/aromatic N) is 2. The van der Waals surface area contributed by atoms with Gasteiger partial charge >= 0.3 is 5.97 Å². The zero-order valence-corrected chi connectivity index (χ0v) is 16.2. The molecule has 1 aliphatic heterocycles. The van der Waals surface area contributed by atoms with E-state index in [-0.39, 0.29) is 36.2 Å². The Morgan fingerprint density at radius 3 is 2.38 bits per heavy atom. The average Bonchev–Trinajstić information content (AvgIpc) is 3.16. The maximum Gasteiger partial charge on any atom is 0.335 e. The molecule has 2 aliphatic rings. The van der Waals surface area contributed by atoms with Crippen LogP contribution in [-0.2, 0) is 4.79 Å². The molecule has 2 atom stereocenters. The Balaban J connectivity index is 1.43. The molecule has 29 heavy (non-hydrogen) atoms. The van der Waals surface area contributed by atoms with Crippen molar-refractivity contribution in [1.29, 1.82) is 5.26 Å². The quantitative estimate of drug-likeness (QED) is 0.716. The van der Waals surface area contributed by atoms with Gasteiger partial charge in [-0.1, -0.05) is 5.92 Å². The fourth-order valence-corrected chi connectivity index (χ4v) is 4.03. The van der Waals surface area contributed by atoms with E-state index in [0.717, 1.165) is 25.7 Å². The topological polar surface area (TPSA) is 103 Å². The third kappa shape index (κ3) is 5.07. The van der Waals surface area contributed by atoms with Gasteiger partial charge in [-0.15, -0.1) is 6.42 Å². The number of hydrogen-bond donors (Lipinski definition) is 2. The molecule has 1 saturated heterocycles. The van der Waals surface area contributed by atoms with Gasteiger partial charge in [0.05, 0.1) is 30.3 Å². The van der Waals surface area contributed by atoms with E-state index in [1.165, 1.54) is 12.1 Å². The highest BCUT2D eigenvalue weighted by atomic mass is 16.5. The van der Waals surface area contributed by atoms with Crippen LogP contribution in [0.15, 0.2) is 24.3 Å². The minimum absolute atomic E-state index is 0.0757. The maximum absolute atomic E-state index is 12.6. The minimum Gasteiger partial charge on any atom is -0.490 e. The van der Waals surface area contributed by atoms with E-state index in [0.29, 0.717) is 18.6 Å². The molecule has 0 aromatic heterocycles. The molecule has 1 saturated carbocycles. The number of carboxylic acid groups (broad SMARTS) is 1. The summed E-state index contributed by atoms with van der Waals surface area (Å²) in [5, 5.41) is 21.5. The van der Waals surface area contributed by atoms with Gasteiger partial charge in [0.15, 0.2) is 0 Å². The Morgan fingerprint density at radius 2 is 1.79 bits per heavy atom. The number of terminal acetylenes is 1. The van der Waals surface area contributed by atoms with Gasteiger partial charge < -0.3 is 20.1 Å². The van der Waals surface area contributed by atoms with E-state index in [1.54, 1.807) is 17.0 Å². The highest BCUT2D eigenvalue weighted by Crippen LogP contribution is 2.25. The molecule has 0 radical (unpaired) electrons. The van der Waals surface area contributed by atoms with Gasteiger partial charge in [-0.2, -0.15) is 5.26 Å². The lowest BCUT2D eigenvalue weighted by Gasteiger charge is -2.30. The average molecular weight is 395 g/mol. The largest absolute Gasteiger partial charge is 0.490 e. The third-order valence-corrected chi connectivity index (χ3v) is 5.63. The first kappa shape index (κ1) is 20.7. The number of rotatable bonds is 6. The van der Waals surface area contributed by atoms with Gasteiger partial charge in [-0.25, -0.2) is 4.79 Å². The lowest BCUT2D eigenvalue weighted by atomic mass is 9.93. The fourth-order valence-electron chi connectivity index (χ4n) is 4.03. The summed E-state index contributed by atoms with van der Waals surface area (Å²) in [7, 11) is 0. The summed E-state index contributed by atoms with van der Waals surface area (Å²) in [4.78, 5) is 25.0. The van der Waals surface area contributed by atoms with Crippen molar-refractivity contribution in [3.05, 3.63) is 29.8 Å². The van der Waals surface area contributed by atoms with Gasteiger partial charge in [-0.3, -0.25) is 4.79 Å². The van der Waals surface area contributed by atoms with Crippen LogP contribution < -0.4 is 10.1 Å². The number of likely N-dealkylation sites (tertiary alicyclic amines) is 1. The van der Waals surface area contributed by atoms with E-state index in [2.05, 4.69) is 17.3 Å². The van der Waals surface area contributed by atoms with E-state index in [4.69, 9.17) is 16.3 Å². The number of carboxylic acids is 1. The molecule has 0 bridgehead atoms. The van der Waals surface area contributed by atoms with Gasteiger partial charge in [0.2, 0.25) is 5.91 Å². The van der Waals surface area contributed by atoms with Crippen LogP contribution >= 0.6 is 0 Å². The molecule has 3 rings (SSSR count). The van der Waals surface area contributed by atoms with E-state index in [9.17, 15) is 14.9 Å². The highest BCUT2D eigenvalue weighted by Gasteiger charge is 2.36. The standard InChI is InChI=1S/C22H25N3O4/c1-2-17-7-8-18(13-23)25(17)21(26)14-24-16-5-11-20(12-6-16)29-19-9-3-15(4-10-19)22(27)28/h1,3-4,9-10,16-18,20,24H,5-8,11-12,14H2,(H,27,28)/t16?,17-,18-,20?/m0/s1. The minimum atomic E-state index is -0.957. The lowest BCUT2D eigenvalue weighted by molar-refractivity contribution is -0.131. The second-order valence-corrected chi connectivity index (χ2v) is 7.51. The number of ether oxygens (including phenoxy) is 1. The van der Waals surface area contributed by atoms with Crippen LogP contribution in [0.25, 0.3) is 0 Å². The van der Waals surface area contributed by atoms with Crippen LogP contribution in [0.4, 0.5) is 0 Å². The van der Waals surface area contributed by atoms with Gasteiger partial charge in [0.25, 0.3) is 0 Å². The molecule has 1 heterocycles. The van der Waals surface area contributed by atoms with Crippen molar-refractivity contribution in [2.45, 2.75) is 62.8 Å². The van der Waals surface area contributed by atoms with Crippen molar-refractivity contribution in [3.8, 4) is 24.2 Å². The van der Waals surface area contributed by atoms with Crippen molar-refractivity contribution in [2.75, 3.05) is 6.54 Å². The Bertz CT molecular complexity index is 794. The molecular weight excluding hydrogens is 370 g/mol. The van der Waals surface area contributed by atoms with Crippen molar-refractivity contribution in [2.24, 2.45) is 0 Å². The Hall–Kier alpha value is -3.03. The third-order valence-electron chi connectivity index (χ3n) is 5.63. The Labute approximate surface area is 170 Å². The zero-order valence-electron chi connectivity index (χ0n) is 16.2. The summed E-state index contributed by atoms with van der Waals surface area (Å²) in [6.45, 7) is 0.184. The summed E-state index contributed by atoms with van der Waals surface area (Å²) in [5.41, 5.74) is 0.235. The van der Waals surface area contributed by atoms with E-state index in [1.807, 2.05) is 0 Å². The van der Waals surface area contributed by atoms with Crippen LogP contribution in [0.2, 0.25) is 0 Å². The molecule has 2 fully saturated rings. The van der Waals surface area contributed by atoms with Crippen molar-refractivity contribution >= 4 is 11.9 Å². The molecule has 7 nitrogen and oxygen atoms in total. The van der Waals surface area contributed by atoms with Crippen LogP contribution in [0, 0.1) is 23.7 Å². The SMILES string of the molecule is C#C[C@H]1CC[C@@H](C#N)N1C(=O)CNC1CCC(Oc2ccc(C(=O)O)cc2)CC1. The molecule has 1 aliphatic carbocycles. The molecule has 1 aromatic carbocycles. The van der Waals surface area contributed by atoms with Crippen LogP contribution in [-0.4, -0.2) is 52.7 Å². The second-order valence-electron chi connectivity index (χ2n) is 7.51. The normalized spacial score (nSPS) is 26.3. The molecule has 0 spiro atoms. The first-order chi connectivity index (χ1) is 14.0. The Kier molecular flexibility index (Phi) is 6.74. The lowest BCUT2D eigenvalue weighted by Crippen LogP contribution is -2.47. The summed E-state index contributed by atoms with van der Waals surface area (Å²) in [6.07, 6.45) is 10.4. The number of hydrogen-bond acceptors (Lipinski definition) is 5. The highest BCUT2D eigenvalue weighted by molar-refractivity contribution is 5.87. The van der Waals surface area contributed by atoms with Crippen molar-refractivity contribution in [3.63, 3.8) is 0 Å². The zero-order chi connectivity index (χ0) is 20.8. The van der Waals surface area contributed by atoms with Gasteiger partial charge in [0, 0.05) is 6.04 Å². The van der Waals surface area contributed by atoms with Crippen LogP contribution in [0.5, 0.6) is 5.75 Å². The number of carbonyl (C=O) groups excluding carboxylic acids is 1. The summed E-state index contributed by atoms with van der Waals surface area (Å²) in [5.74, 6) is 2.20. The van der Waals surface area contributed by atoms with Gasteiger partial charge in [-0.05, 0) is 62.8 Å². The number of benzene rings is 1. The number of carbonyl (C=O) groups is 2. The molecule has 1 aromatic rings. The molecule has 1 amide bonds.